The van der Waals surface area contributed by atoms with Gasteiger partial charge in [-0.1, -0.05) is 6.92 Å². The molecule has 0 bridgehead atoms. The quantitative estimate of drug-likeness (QED) is 0.880. The lowest BCUT2D eigenvalue weighted by Gasteiger charge is -2.23. The van der Waals surface area contributed by atoms with Crippen LogP contribution in [0.1, 0.15) is 37.4 Å². The molecule has 2 atom stereocenters. The van der Waals surface area contributed by atoms with Crippen molar-refractivity contribution >= 4 is 27.8 Å². The number of aliphatic carboxylic acids is 1. The number of carboxylic acid groups (broad SMARTS) is 1. The normalized spacial score (nSPS) is 18.0. The van der Waals surface area contributed by atoms with Gasteiger partial charge in [0, 0.05) is 24.6 Å². The summed E-state index contributed by atoms with van der Waals surface area (Å²) in [7, 11) is 1.45. The Kier molecular flexibility index (Phi) is 4.75. The van der Waals surface area contributed by atoms with Crippen LogP contribution < -0.4 is 4.74 Å². The molecule has 1 aliphatic rings. The van der Waals surface area contributed by atoms with Crippen molar-refractivity contribution in [1.82, 2.24) is 4.90 Å². The molecule has 120 valence electrons. The maximum absolute atomic E-state index is 14.3. The van der Waals surface area contributed by atoms with Crippen molar-refractivity contribution < 1.29 is 23.8 Å². The predicted molar refractivity (Wildman–Crippen MR) is 81.0 cm³/mol. The topological polar surface area (TPSA) is 66.8 Å². The highest BCUT2D eigenvalue weighted by Crippen LogP contribution is 2.43. The summed E-state index contributed by atoms with van der Waals surface area (Å²) in [6, 6.07) is 0.846. The standard InChI is InChI=1S/C15H17BrFNO4/c1-7(15(20)21)4-12(19)18-6-9-13(8(18)2)10(17)5-11(22-3)14(9)16/h5,7-8H,4,6H2,1-3H3,(H,20,21)/t7-,8?/m0/s1. The molecule has 1 unspecified atom stereocenters. The summed E-state index contributed by atoms with van der Waals surface area (Å²) in [5, 5.41) is 8.91. The predicted octanol–water partition coefficient (Wildman–Crippen LogP) is 3.11. The first-order chi connectivity index (χ1) is 10.3. The number of halogens is 2. The van der Waals surface area contributed by atoms with Crippen LogP contribution in [0.4, 0.5) is 4.39 Å². The molecule has 2 rings (SSSR count). The van der Waals surface area contributed by atoms with Gasteiger partial charge in [-0.2, -0.15) is 0 Å². The molecule has 1 aromatic carbocycles. The van der Waals surface area contributed by atoms with Gasteiger partial charge in [0.05, 0.1) is 23.5 Å². The van der Waals surface area contributed by atoms with Gasteiger partial charge in [-0.15, -0.1) is 0 Å². The number of methoxy groups -OCH3 is 1. The van der Waals surface area contributed by atoms with E-state index in [0.717, 1.165) is 0 Å². The zero-order chi connectivity index (χ0) is 16.6. The molecule has 7 heteroatoms. The Morgan fingerprint density at radius 2 is 2.23 bits per heavy atom. The first-order valence-electron chi connectivity index (χ1n) is 6.84. The zero-order valence-corrected chi connectivity index (χ0v) is 14.1. The van der Waals surface area contributed by atoms with Crippen molar-refractivity contribution in [3.8, 4) is 5.75 Å². The van der Waals surface area contributed by atoms with Gasteiger partial charge in [-0.3, -0.25) is 9.59 Å². The van der Waals surface area contributed by atoms with Gasteiger partial charge in [-0.05, 0) is 28.4 Å². The molecule has 22 heavy (non-hydrogen) atoms. The first-order valence-corrected chi connectivity index (χ1v) is 7.64. The maximum atomic E-state index is 14.3. The summed E-state index contributed by atoms with van der Waals surface area (Å²) >= 11 is 3.38. The van der Waals surface area contributed by atoms with Crippen molar-refractivity contribution in [3.05, 3.63) is 27.5 Å². The molecule has 0 fully saturated rings. The van der Waals surface area contributed by atoms with Gasteiger partial charge in [0.25, 0.3) is 0 Å². The smallest absolute Gasteiger partial charge is 0.306 e. The number of carboxylic acids is 1. The fourth-order valence-electron chi connectivity index (χ4n) is 2.66. The van der Waals surface area contributed by atoms with E-state index < -0.39 is 23.7 Å². The van der Waals surface area contributed by atoms with Gasteiger partial charge in [0.15, 0.2) is 0 Å². The highest BCUT2D eigenvalue weighted by atomic mass is 79.9. The molecule has 1 N–H and O–H groups in total. The van der Waals surface area contributed by atoms with E-state index in [9.17, 15) is 14.0 Å². The van der Waals surface area contributed by atoms with E-state index in [-0.39, 0.29) is 18.9 Å². The Morgan fingerprint density at radius 3 is 2.77 bits per heavy atom. The number of nitrogens with zero attached hydrogens (tertiary/aromatic N) is 1. The van der Waals surface area contributed by atoms with Crippen LogP contribution in [0.2, 0.25) is 0 Å². The molecule has 0 spiro atoms. The molecule has 0 radical (unpaired) electrons. The second-order valence-corrected chi connectivity index (χ2v) is 6.20. The van der Waals surface area contributed by atoms with Crippen molar-refractivity contribution in [2.75, 3.05) is 7.11 Å². The van der Waals surface area contributed by atoms with Gasteiger partial charge in [-0.25, -0.2) is 4.39 Å². The summed E-state index contributed by atoms with van der Waals surface area (Å²) in [5.41, 5.74) is 1.12. The lowest BCUT2D eigenvalue weighted by molar-refractivity contribution is -0.146. The van der Waals surface area contributed by atoms with E-state index in [0.29, 0.717) is 21.3 Å². The average Bonchev–Trinajstić information content (AvgIpc) is 2.81. The van der Waals surface area contributed by atoms with Gasteiger partial charge >= 0.3 is 5.97 Å². The zero-order valence-electron chi connectivity index (χ0n) is 12.5. The molecule has 1 amide bonds. The van der Waals surface area contributed by atoms with E-state index in [1.807, 2.05) is 0 Å². The lowest BCUT2D eigenvalue weighted by Crippen LogP contribution is -2.31. The van der Waals surface area contributed by atoms with Crippen molar-refractivity contribution in [2.24, 2.45) is 5.92 Å². The first kappa shape index (κ1) is 16.7. The number of benzene rings is 1. The highest BCUT2D eigenvalue weighted by Gasteiger charge is 2.36. The molecule has 0 saturated heterocycles. The second kappa shape index (κ2) is 6.24. The highest BCUT2D eigenvalue weighted by molar-refractivity contribution is 9.10. The fourth-order valence-corrected chi connectivity index (χ4v) is 3.27. The SMILES string of the molecule is COc1cc(F)c2c(c1Br)CN(C(=O)C[C@H](C)C(=O)O)C2C. The third kappa shape index (κ3) is 2.82. The summed E-state index contributed by atoms with van der Waals surface area (Å²) in [5.74, 6) is -2.15. The largest absolute Gasteiger partial charge is 0.495 e. The number of rotatable bonds is 4. The Labute approximate surface area is 136 Å². The van der Waals surface area contributed by atoms with Crippen molar-refractivity contribution in [3.63, 3.8) is 0 Å². The number of ether oxygens (including phenoxy) is 1. The lowest BCUT2D eigenvalue weighted by atomic mass is 10.0. The Balaban J connectivity index is 2.30. The van der Waals surface area contributed by atoms with E-state index in [4.69, 9.17) is 9.84 Å². The van der Waals surface area contributed by atoms with Crippen LogP contribution in [-0.4, -0.2) is 29.0 Å². The fraction of sp³-hybridized carbons (Fsp3) is 0.467. The third-order valence-corrected chi connectivity index (χ3v) is 4.85. The molecule has 1 heterocycles. The molecule has 5 nitrogen and oxygen atoms in total. The molecule has 1 aliphatic heterocycles. The molecular formula is C15H17BrFNO4. The molecule has 1 aromatic rings. The summed E-state index contributed by atoms with van der Waals surface area (Å²) < 4.78 is 20.0. The molecule has 0 aromatic heterocycles. The van der Waals surface area contributed by atoms with E-state index >= 15 is 0 Å². The van der Waals surface area contributed by atoms with Crippen LogP contribution in [0.15, 0.2) is 10.5 Å². The van der Waals surface area contributed by atoms with E-state index in [1.54, 1.807) is 6.92 Å². The number of hydrogen-bond donors (Lipinski definition) is 1. The molecule has 0 aliphatic carbocycles. The van der Waals surface area contributed by atoms with Crippen LogP contribution in [0, 0.1) is 11.7 Å². The van der Waals surface area contributed by atoms with Crippen LogP contribution >= 0.6 is 15.9 Å². The van der Waals surface area contributed by atoms with Gasteiger partial charge < -0.3 is 14.7 Å². The Morgan fingerprint density at radius 1 is 1.59 bits per heavy atom. The van der Waals surface area contributed by atoms with Crippen LogP contribution in [-0.2, 0) is 16.1 Å². The van der Waals surface area contributed by atoms with Gasteiger partial charge in [0.1, 0.15) is 11.6 Å². The van der Waals surface area contributed by atoms with Crippen LogP contribution in [0.5, 0.6) is 5.75 Å². The minimum absolute atomic E-state index is 0.107. The summed E-state index contributed by atoms with van der Waals surface area (Å²) in [6.45, 7) is 3.45. The van der Waals surface area contributed by atoms with Crippen molar-refractivity contribution in [1.29, 1.82) is 0 Å². The maximum Gasteiger partial charge on any atom is 0.306 e. The van der Waals surface area contributed by atoms with E-state index in [2.05, 4.69) is 15.9 Å². The number of fused-ring (bicyclic) bond motifs is 1. The number of carbonyl (C=O) groups excluding carboxylic acids is 1. The average molecular weight is 374 g/mol. The molecule has 0 saturated carbocycles. The third-order valence-electron chi connectivity index (χ3n) is 3.98. The Bertz CT molecular complexity index is 634. The van der Waals surface area contributed by atoms with Crippen molar-refractivity contribution in [2.45, 2.75) is 32.9 Å². The van der Waals surface area contributed by atoms with Crippen LogP contribution in [0.25, 0.3) is 0 Å². The van der Waals surface area contributed by atoms with Crippen LogP contribution in [0.3, 0.4) is 0 Å². The minimum atomic E-state index is -1.02. The van der Waals surface area contributed by atoms with Gasteiger partial charge in [0.2, 0.25) is 5.91 Å². The summed E-state index contributed by atoms with van der Waals surface area (Å²) in [6.07, 6.45) is -0.107. The molecular weight excluding hydrogens is 357 g/mol. The van der Waals surface area contributed by atoms with E-state index in [1.165, 1.54) is 25.0 Å². The second-order valence-electron chi connectivity index (χ2n) is 5.41. The number of hydrogen-bond acceptors (Lipinski definition) is 3. The minimum Gasteiger partial charge on any atom is -0.495 e. The number of carbonyl (C=O) groups is 2. The monoisotopic (exact) mass is 373 g/mol. The number of amides is 1. The Hall–Kier alpha value is -1.63. The summed E-state index contributed by atoms with van der Waals surface area (Å²) in [4.78, 5) is 24.7.